The van der Waals surface area contributed by atoms with E-state index in [1.54, 1.807) is 31.4 Å². The smallest absolute Gasteiger partial charge is 0.180 e. The van der Waals surface area contributed by atoms with Crippen molar-refractivity contribution < 1.29 is 13.6 Å². The fourth-order valence-electron chi connectivity index (χ4n) is 1.37. The highest BCUT2D eigenvalue weighted by Gasteiger charge is 2.16. The first kappa shape index (κ1) is 8.81. The largest absolute Gasteiger partial charge is 0.461 e. The van der Waals surface area contributed by atoms with Gasteiger partial charge in [0.05, 0.1) is 11.8 Å². The topological polar surface area (TPSA) is 43.4 Å². The molecule has 3 heteroatoms. The summed E-state index contributed by atoms with van der Waals surface area (Å²) in [5.41, 5.74) is 0.567. The van der Waals surface area contributed by atoms with Crippen LogP contribution in [0.1, 0.15) is 23.0 Å². The van der Waals surface area contributed by atoms with Crippen LogP contribution in [0.25, 0.3) is 11.5 Å². The van der Waals surface area contributed by atoms with Gasteiger partial charge in [0.25, 0.3) is 0 Å². The van der Waals surface area contributed by atoms with E-state index in [-0.39, 0.29) is 5.78 Å². The molecule has 0 unspecified atom stereocenters. The van der Waals surface area contributed by atoms with Crippen LogP contribution in [0, 0.1) is 6.92 Å². The summed E-state index contributed by atoms with van der Waals surface area (Å²) in [5.74, 6) is 1.79. The summed E-state index contributed by atoms with van der Waals surface area (Å²) < 4.78 is 10.6. The van der Waals surface area contributed by atoms with E-state index in [4.69, 9.17) is 8.83 Å². The second kappa shape index (κ2) is 3.18. The van der Waals surface area contributed by atoms with Crippen LogP contribution in [0.3, 0.4) is 0 Å². The lowest BCUT2D eigenvalue weighted by atomic mass is 10.1. The van der Waals surface area contributed by atoms with Gasteiger partial charge in [0.2, 0.25) is 0 Å². The van der Waals surface area contributed by atoms with Crippen molar-refractivity contribution in [3.63, 3.8) is 0 Å². The maximum atomic E-state index is 11.3. The molecule has 2 aromatic rings. The van der Waals surface area contributed by atoms with E-state index in [1.807, 2.05) is 0 Å². The number of rotatable bonds is 2. The second-order valence-corrected chi connectivity index (χ2v) is 3.13. The zero-order chi connectivity index (χ0) is 10.1. The molecule has 0 aliphatic heterocycles. The lowest BCUT2D eigenvalue weighted by molar-refractivity contribution is 0.101. The van der Waals surface area contributed by atoms with Gasteiger partial charge in [-0.2, -0.15) is 0 Å². The van der Waals surface area contributed by atoms with E-state index in [0.717, 1.165) is 0 Å². The highest BCUT2D eigenvalue weighted by Crippen LogP contribution is 2.27. The fourth-order valence-corrected chi connectivity index (χ4v) is 1.37. The van der Waals surface area contributed by atoms with Gasteiger partial charge in [0, 0.05) is 0 Å². The van der Waals surface area contributed by atoms with E-state index in [9.17, 15) is 4.79 Å². The molecule has 14 heavy (non-hydrogen) atoms. The molecule has 0 aliphatic rings. The van der Waals surface area contributed by atoms with Crippen molar-refractivity contribution in [2.24, 2.45) is 0 Å². The zero-order valence-corrected chi connectivity index (χ0v) is 8.03. The molecule has 0 N–H and O–H groups in total. The fraction of sp³-hybridized carbons (Fsp3) is 0.182. The number of aryl methyl sites for hydroxylation is 1. The second-order valence-electron chi connectivity index (χ2n) is 3.13. The zero-order valence-electron chi connectivity index (χ0n) is 8.03. The predicted octanol–water partition coefficient (Wildman–Crippen LogP) is 3.05. The molecule has 0 bridgehead atoms. The van der Waals surface area contributed by atoms with E-state index >= 15 is 0 Å². The summed E-state index contributed by atoms with van der Waals surface area (Å²) in [6.45, 7) is 3.32. The first-order chi connectivity index (χ1) is 6.68. The summed E-state index contributed by atoms with van der Waals surface area (Å²) in [6.07, 6.45) is 1.55. The summed E-state index contributed by atoms with van der Waals surface area (Å²) in [7, 11) is 0. The van der Waals surface area contributed by atoms with E-state index in [1.165, 1.54) is 6.92 Å². The molecule has 0 spiro atoms. The molecule has 0 aromatic carbocycles. The number of hydrogen-bond donors (Lipinski definition) is 0. The average Bonchev–Trinajstić information content (AvgIpc) is 2.70. The summed E-state index contributed by atoms with van der Waals surface area (Å²) in [6, 6.07) is 5.25. The Morgan fingerprint density at radius 2 is 2.21 bits per heavy atom. The SMILES string of the molecule is CC(=O)c1cc(C)oc1-c1ccco1. The number of furan rings is 2. The molecule has 0 saturated carbocycles. The van der Waals surface area contributed by atoms with Crippen molar-refractivity contribution in [2.75, 3.05) is 0 Å². The standard InChI is InChI=1S/C11H10O3/c1-7-6-9(8(2)12)11(14-7)10-4-3-5-13-10/h3-6H,1-2H3. The summed E-state index contributed by atoms with van der Waals surface area (Å²) >= 11 is 0. The Bertz CT molecular complexity index is 449. The number of carbonyl (C=O) groups is 1. The van der Waals surface area contributed by atoms with Crippen LogP contribution in [0.5, 0.6) is 0 Å². The highest BCUT2D eigenvalue weighted by atomic mass is 16.4. The van der Waals surface area contributed by atoms with Gasteiger partial charge in [-0.05, 0) is 32.0 Å². The Morgan fingerprint density at radius 3 is 2.79 bits per heavy atom. The molecule has 2 heterocycles. The van der Waals surface area contributed by atoms with Gasteiger partial charge in [-0.25, -0.2) is 0 Å². The van der Waals surface area contributed by atoms with Crippen LogP contribution in [0.15, 0.2) is 33.3 Å². The Morgan fingerprint density at radius 1 is 1.43 bits per heavy atom. The normalized spacial score (nSPS) is 10.4. The molecule has 0 fully saturated rings. The molecule has 0 aliphatic carbocycles. The van der Waals surface area contributed by atoms with Gasteiger partial charge in [-0.3, -0.25) is 4.79 Å². The van der Waals surface area contributed by atoms with Crippen LogP contribution in [-0.4, -0.2) is 5.78 Å². The molecular weight excluding hydrogens is 180 g/mol. The van der Waals surface area contributed by atoms with Gasteiger partial charge in [0.1, 0.15) is 5.76 Å². The third-order valence-electron chi connectivity index (χ3n) is 1.98. The molecule has 72 valence electrons. The Kier molecular flexibility index (Phi) is 2.00. The number of Topliss-reactive ketones (excluding diaryl/α,β-unsaturated/α-hetero) is 1. The van der Waals surface area contributed by atoms with Gasteiger partial charge < -0.3 is 8.83 Å². The molecule has 0 saturated heterocycles. The number of hydrogen-bond acceptors (Lipinski definition) is 3. The van der Waals surface area contributed by atoms with Crippen LogP contribution in [0.4, 0.5) is 0 Å². The molecule has 3 nitrogen and oxygen atoms in total. The maximum Gasteiger partial charge on any atom is 0.180 e. The Hall–Kier alpha value is -1.77. The van der Waals surface area contributed by atoms with Crippen LogP contribution in [0.2, 0.25) is 0 Å². The maximum absolute atomic E-state index is 11.3. The lowest BCUT2D eigenvalue weighted by Gasteiger charge is -1.93. The molecule has 2 aromatic heterocycles. The van der Waals surface area contributed by atoms with Crippen LogP contribution in [-0.2, 0) is 0 Å². The van der Waals surface area contributed by atoms with E-state index in [0.29, 0.717) is 22.8 Å². The van der Waals surface area contributed by atoms with Crippen LogP contribution >= 0.6 is 0 Å². The minimum atomic E-state index is -0.0201. The highest BCUT2D eigenvalue weighted by molar-refractivity contribution is 5.99. The number of ketones is 1. The minimum Gasteiger partial charge on any atom is -0.461 e. The molecular formula is C11H10O3. The first-order valence-electron chi connectivity index (χ1n) is 4.33. The Labute approximate surface area is 81.3 Å². The van der Waals surface area contributed by atoms with Crippen molar-refractivity contribution in [1.29, 1.82) is 0 Å². The Balaban J connectivity index is 2.58. The van der Waals surface area contributed by atoms with Crippen molar-refractivity contribution in [1.82, 2.24) is 0 Å². The summed E-state index contributed by atoms with van der Waals surface area (Å²) in [4.78, 5) is 11.3. The first-order valence-corrected chi connectivity index (χ1v) is 4.33. The van der Waals surface area contributed by atoms with Gasteiger partial charge in [-0.1, -0.05) is 0 Å². The molecule has 0 atom stereocenters. The number of carbonyl (C=O) groups excluding carboxylic acids is 1. The van der Waals surface area contributed by atoms with Crippen molar-refractivity contribution in [2.45, 2.75) is 13.8 Å². The van der Waals surface area contributed by atoms with Crippen LogP contribution < -0.4 is 0 Å². The summed E-state index contributed by atoms with van der Waals surface area (Å²) in [5, 5.41) is 0. The lowest BCUT2D eigenvalue weighted by Crippen LogP contribution is -1.90. The van der Waals surface area contributed by atoms with E-state index < -0.39 is 0 Å². The quantitative estimate of drug-likeness (QED) is 0.683. The van der Waals surface area contributed by atoms with Gasteiger partial charge >= 0.3 is 0 Å². The van der Waals surface area contributed by atoms with Gasteiger partial charge in [0.15, 0.2) is 17.3 Å². The van der Waals surface area contributed by atoms with Gasteiger partial charge in [-0.15, -0.1) is 0 Å². The van der Waals surface area contributed by atoms with E-state index in [2.05, 4.69) is 0 Å². The average molecular weight is 190 g/mol. The molecule has 0 amide bonds. The third kappa shape index (κ3) is 1.37. The van der Waals surface area contributed by atoms with Crippen molar-refractivity contribution in [3.8, 4) is 11.5 Å². The monoisotopic (exact) mass is 190 g/mol. The minimum absolute atomic E-state index is 0.0201. The predicted molar refractivity (Wildman–Crippen MR) is 51.2 cm³/mol. The third-order valence-corrected chi connectivity index (χ3v) is 1.98. The van der Waals surface area contributed by atoms with Crippen molar-refractivity contribution in [3.05, 3.63) is 35.8 Å². The van der Waals surface area contributed by atoms with Crippen molar-refractivity contribution >= 4 is 5.78 Å². The molecule has 0 radical (unpaired) electrons. The molecule has 2 rings (SSSR count).